The lowest BCUT2D eigenvalue weighted by Gasteiger charge is -2.01. The summed E-state index contributed by atoms with van der Waals surface area (Å²) in [5.41, 5.74) is 0. The highest BCUT2D eigenvalue weighted by Gasteiger charge is 2.30. The molecule has 66 valence electrons. The fraction of sp³-hybridized carbons (Fsp3) is 0.429. The maximum Gasteiger partial charge on any atom is 0.241 e. The van der Waals surface area contributed by atoms with E-state index in [1.807, 2.05) is 0 Å². The Morgan fingerprint density at radius 2 is 2.42 bits per heavy atom. The van der Waals surface area contributed by atoms with Gasteiger partial charge in [-0.1, -0.05) is 27.7 Å². The van der Waals surface area contributed by atoms with Crippen molar-refractivity contribution in [1.82, 2.24) is 5.32 Å². The smallest absolute Gasteiger partial charge is 0.241 e. The number of imide groups is 1. The van der Waals surface area contributed by atoms with Crippen molar-refractivity contribution in [1.29, 1.82) is 0 Å². The van der Waals surface area contributed by atoms with Crippen LogP contribution in [0.25, 0.3) is 0 Å². The van der Waals surface area contributed by atoms with Crippen molar-refractivity contribution in [3.05, 3.63) is 12.7 Å². The maximum atomic E-state index is 11.0. The predicted octanol–water partition coefficient (Wildman–Crippen LogP) is 0.969. The largest absolute Gasteiger partial charge is 0.295 e. The van der Waals surface area contributed by atoms with Crippen molar-refractivity contribution in [2.75, 3.05) is 5.75 Å². The van der Waals surface area contributed by atoms with Gasteiger partial charge in [0.2, 0.25) is 11.8 Å². The van der Waals surface area contributed by atoms with Gasteiger partial charge in [0, 0.05) is 12.2 Å². The molecule has 1 rings (SSSR count). The zero-order valence-corrected chi connectivity index (χ0v) is 8.04. The second-order valence-electron chi connectivity index (χ2n) is 2.27. The van der Waals surface area contributed by atoms with Crippen LogP contribution in [0, 0.1) is 0 Å². The van der Waals surface area contributed by atoms with Crippen LogP contribution < -0.4 is 5.32 Å². The number of carbonyl (C=O) groups is 2. The molecular weight excluding hydrogens is 194 g/mol. The monoisotopic (exact) mass is 203 g/mol. The Bertz CT molecular complexity index is 217. The van der Waals surface area contributed by atoms with Gasteiger partial charge in [0.15, 0.2) is 0 Å². The summed E-state index contributed by atoms with van der Waals surface area (Å²) in [5.74, 6) is 0.459. The van der Waals surface area contributed by atoms with Gasteiger partial charge < -0.3 is 0 Å². The second-order valence-corrected chi connectivity index (χ2v) is 4.89. The van der Waals surface area contributed by atoms with Crippen molar-refractivity contribution in [2.24, 2.45) is 0 Å². The Hall–Kier alpha value is -0.420. The fourth-order valence-corrected chi connectivity index (χ4v) is 2.97. The molecule has 1 aliphatic rings. The molecule has 0 saturated carbocycles. The van der Waals surface area contributed by atoms with Gasteiger partial charge in [0.1, 0.15) is 5.25 Å². The SMILES string of the molecule is C=CCSSC1CC(=O)NC1=O. The number of rotatable bonds is 4. The number of hydrogen-bond donors (Lipinski definition) is 1. The van der Waals surface area contributed by atoms with E-state index in [9.17, 15) is 9.59 Å². The molecule has 0 bridgehead atoms. The molecule has 1 saturated heterocycles. The van der Waals surface area contributed by atoms with Gasteiger partial charge in [0.25, 0.3) is 0 Å². The maximum absolute atomic E-state index is 11.0. The van der Waals surface area contributed by atoms with Gasteiger partial charge in [-0.25, -0.2) is 0 Å². The standard InChI is InChI=1S/C7H9NO2S2/c1-2-3-11-12-5-4-6(9)8-7(5)10/h2,5H,1,3-4H2,(H,8,9,10). The molecule has 1 atom stereocenters. The van der Waals surface area contributed by atoms with Crippen LogP contribution in [0.5, 0.6) is 0 Å². The van der Waals surface area contributed by atoms with Crippen molar-refractivity contribution in [3.8, 4) is 0 Å². The van der Waals surface area contributed by atoms with E-state index in [1.54, 1.807) is 16.9 Å². The number of carbonyl (C=O) groups excluding carboxylic acids is 2. The lowest BCUT2D eigenvalue weighted by atomic mass is 10.4. The van der Waals surface area contributed by atoms with E-state index in [1.165, 1.54) is 10.8 Å². The van der Waals surface area contributed by atoms with E-state index in [0.717, 1.165) is 5.75 Å². The minimum absolute atomic E-state index is 0.165. The summed E-state index contributed by atoms with van der Waals surface area (Å²) in [6, 6.07) is 0. The van der Waals surface area contributed by atoms with Crippen molar-refractivity contribution < 1.29 is 9.59 Å². The molecule has 1 fully saturated rings. The molecule has 3 nitrogen and oxygen atoms in total. The Morgan fingerprint density at radius 1 is 1.67 bits per heavy atom. The lowest BCUT2D eigenvalue weighted by molar-refractivity contribution is -0.124. The molecule has 2 amide bonds. The highest BCUT2D eigenvalue weighted by Crippen LogP contribution is 2.30. The second kappa shape index (κ2) is 4.57. The van der Waals surface area contributed by atoms with E-state index >= 15 is 0 Å². The molecule has 0 radical (unpaired) electrons. The van der Waals surface area contributed by atoms with Gasteiger partial charge in [-0.15, -0.1) is 6.58 Å². The summed E-state index contributed by atoms with van der Waals surface area (Å²) < 4.78 is 0. The van der Waals surface area contributed by atoms with E-state index in [2.05, 4.69) is 11.9 Å². The van der Waals surface area contributed by atoms with Crippen molar-refractivity contribution >= 4 is 33.4 Å². The third-order valence-corrected chi connectivity index (χ3v) is 3.93. The quantitative estimate of drug-likeness (QED) is 0.320. The number of nitrogens with one attached hydrogen (secondary N) is 1. The fourth-order valence-electron chi connectivity index (χ4n) is 0.777. The summed E-state index contributed by atoms with van der Waals surface area (Å²) in [7, 11) is 2.97. The summed E-state index contributed by atoms with van der Waals surface area (Å²) in [6.45, 7) is 3.56. The predicted molar refractivity (Wildman–Crippen MR) is 51.8 cm³/mol. The average molecular weight is 203 g/mol. The molecule has 0 aromatic rings. The molecule has 1 aliphatic heterocycles. The Balaban J connectivity index is 2.28. The minimum atomic E-state index is -0.206. The van der Waals surface area contributed by atoms with Crippen LogP contribution in [-0.4, -0.2) is 22.8 Å². The molecule has 1 unspecified atom stereocenters. The molecule has 0 aliphatic carbocycles. The summed E-state index contributed by atoms with van der Waals surface area (Å²) in [4.78, 5) is 21.7. The topological polar surface area (TPSA) is 46.2 Å². The highest BCUT2D eigenvalue weighted by molar-refractivity contribution is 8.77. The van der Waals surface area contributed by atoms with Gasteiger partial charge in [-0.3, -0.25) is 14.9 Å². The summed E-state index contributed by atoms with van der Waals surface area (Å²) in [6.07, 6.45) is 2.08. The first kappa shape index (κ1) is 9.67. The number of amides is 2. The van der Waals surface area contributed by atoms with Crippen LogP contribution >= 0.6 is 21.6 Å². The molecular formula is C7H9NO2S2. The van der Waals surface area contributed by atoms with Crippen LogP contribution in [0.4, 0.5) is 0 Å². The molecule has 5 heteroatoms. The van der Waals surface area contributed by atoms with E-state index < -0.39 is 0 Å². The first-order chi connectivity index (χ1) is 5.74. The summed E-state index contributed by atoms with van der Waals surface area (Å²) >= 11 is 0. The van der Waals surface area contributed by atoms with Crippen LogP contribution in [0.3, 0.4) is 0 Å². The highest BCUT2D eigenvalue weighted by atomic mass is 33.1. The summed E-state index contributed by atoms with van der Waals surface area (Å²) in [5, 5.41) is 2.05. The zero-order valence-electron chi connectivity index (χ0n) is 6.41. The van der Waals surface area contributed by atoms with Gasteiger partial charge in [-0.2, -0.15) is 0 Å². The van der Waals surface area contributed by atoms with Gasteiger partial charge >= 0.3 is 0 Å². The average Bonchev–Trinajstić information content (AvgIpc) is 2.31. The first-order valence-electron chi connectivity index (χ1n) is 3.47. The molecule has 1 heterocycles. The minimum Gasteiger partial charge on any atom is -0.295 e. The first-order valence-corrected chi connectivity index (χ1v) is 5.85. The van der Waals surface area contributed by atoms with Crippen LogP contribution in [0.15, 0.2) is 12.7 Å². The molecule has 0 spiro atoms. The van der Waals surface area contributed by atoms with Gasteiger partial charge in [0.05, 0.1) is 0 Å². The van der Waals surface area contributed by atoms with E-state index in [-0.39, 0.29) is 17.1 Å². The van der Waals surface area contributed by atoms with Crippen LogP contribution in [0.1, 0.15) is 6.42 Å². The van der Waals surface area contributed by atoms with E-state index in [4.69, 9.17) is 0 Å². The normalized spacial score (nSPS) is 22.5. The molecule has 1 N–H and O–H groups in total. The Kier molecular flexibility index (Phi) is 3.68. The van der Waals surface area contributed by atoms with Crippen LogP contribution in [-0.2, 0) is 9.59 Å². The molecule has 0 aromatic heterocycles. The van der Waals surface area contributed by atoms with Crippen molar-refractivity contribution in [3.63, 3.8) is 0 Å². The third kappa shape index (κ3) is 2.57. The van der Waals surface area contributed by atoms with Gasteiger partial charge in [-0.05, 0) is 0 Å². The van der Waals surface area contributed by atoms with Crippen molar-refractivity contribution in [2.45, 2.75) is 11.7 Å². The lowest BCUT2D eigenvalue weighted by Crippen LogP contribution is -2.22. The number of hydrogen-bond acceptors (Lipinski definition) is 4. The zero-order chi connectivity index (χ0) is 8.97. The van der Waals surface area contributed by atoms with E-state index in [0.29, 0.717) is 6.42 Å². The Labute approximate surface area is 78.8 Å². The third-order valence-electron chi connectivity index (χ3n) is 1.30. The Morgan fingerprint density at radius 3 is 2.92 bits per heavy atom. The molecule has 0 aromatic carbocycles. The van der Waals surface area contributed by atoms with Crippen LogP contribution in [0.2, 0.25) is 0 Å². The molecule has 12 heavy (non-hydrogen) atoms.